The second-order valence-electron chi connectivity index (χ2n) is 28.5. The van der Waals surface area contributed by atoms with E-state index in [4.69, 9.17) is 37.0 Å². The number of aliphatic hydroxyl groups is 1. The highest BCUT2D eigenvalue weighted by atomic mass is 31.2. The van der Waals surface area contributed by atoms with Crippen molar-refractivity contribution in [1.82, 2.24) is 0 Å². The SMILES string of the molecule is CCCCCCCCCCCCCCCCC(=O)O[C@H](COC(=O)CCCCCCC)COP(=O)(O)OC[C@H](O)COP(=O)(O)OC[C@@H](COC(=O)CCCCCCCCCCCCCCC(C)C)OC(=O)CCCCCCCCCCCCCCCCCCCCC(C)CC. The van der Waals surface area contributed by atoms with Crippen LogP contribution in [0.4, 0.5) is 0 Å². The second kappa shape index (κ2) is 68.8. The molecule has 3 unspecified atom stereocenters. The van der Waals surface area contributed by atoms with Gasteiger partial charge in [0.25, 0.3) is 0 Å². The number of rotatable bonds is 76. The van der Waals surface area contributed by atoms with Crippen LogP contribution in [0, 0.1) is 11.8 Å². The van der Waals surface area contributed by atoms with Crippen molar-refractivity contribution in [1.29, 1.82) is 0 Å². The summed E-state index contributed by atoms with van der Waals surface area (Å²) in [5.74, 6) is -0.472. The van der Waals surface area contributed by atoms with Crippen molar-refractivity contribution in [3.8, 4) is 0 Å². The summed E-state index contributed by atoms with van der Waals surface area (Å²) in [7, 11) is -9.90. The van der Waals surface area contributed by atoms with Crippen LogP contribution in [-0.4, -0.2) is 96.7 Å². The molecule has 96 heavy (non-hydrogen) atoms. The summed E-state index contributed by atoms with van der Waals surface area (Å²) >= 11 is 0. The Labute approximate surface area is 588 Å². The molecule has 0 rings (SSSR count). The molecule has 0 fully saturated rings. The third kappa shape index (κ3) is 69.2. The molecule has 17 nitrogen and oxygen atoms in total. The molecule has 0 aliphatic carbocycles. The first kappa shape index (κ1) is 94.1. The summed E-state index contributed by atoms with van der Waals surface area (Å²) in [5, 5.41) is 10.6. The normalized spacial score (nSPS) is 14.3. The summed E-state index contributed by atoms with van der Waals surface area (Å²) in [5.41, 5.74) is 0. The number of aliphatic hydroxyl groups excluding tert-OH is 1. The van der Waals surface area contributed by atoms with E-state index in [0.29, 0.717) is 25.7 Å². The average molecular weight is 1410 g/mol. The fourth-order valence-corrected chi connectivity index (χ4v) is 13.4. The van der Waals surface area contributed by atoms with Gasteiger partial charge in [0.05, 0.1) is 26.4 Å². The summed E-state index contributed by atoms with van der Waals surface area (Å²) in [4.78, 5) is 72.5. The van der Waals surface area contributed by atoms with Crippen LogP contribution < -0.4 is 0 Å². The molecule has 0 aliphatic heterocycles. The van der Waals surface area contributed by atoms with Gasteiger partial charge >= 0.3 is 39.5 Å². The molecule has 0 aromatic rings. The van der Waals surface area contributed by atoms with Crippen LogP contribution in [0.15, 0.2) is 0 Å². The third-order valence-electron chi connectivity index (χ3n) is 18.3. The number of hydrogen-bond acceptors (Lipinski definition) is 15. The molecule has 0 aliphatic rings. The highest BCUT2D eigenvalue weighted by Crippen LogP contribution is 2.45. The lowest BCUT2D eigenvalue weighted by Crippen LogP contribution is -2.30. The lowest BCUT2D eigenvalue weighted by atomic mass is 9.99. The van der Waals surface area contributed by atoms with E-state index in [1.54, 1.807) is 0 Å². The fourth-order valence-electron chi connectivity index (χ4n) is 11.8. The molecule has 570 valence electrons. The monoisotopic (exact) mass is 1410 g/mol. The van der Waals surface area contributed by atoms with E-state index in [1.165, 1.54) is 212 Å². The molecule has 0 amide bonds. The van der Waals surface area contributed by atoms with Crippen molar-refractivity contribution in [3.63, 3.8) is 0 Å². The number of phosphoric ester groups is 2. The lowest BCUT2D eigenvalue weighted by Gasteiger charge is -2.21. The number of carbonyl (C=O) groups excluding carboxylic acids is 4. The Morgan fingerprint density at radius 2 is 0.531 bits per heavy atom. The van der Waals surface area contributed by atoms with Gasteiger partial charge in [-0.3, -0.25) is 37.3 Å². The Kier molecular flexibility index (Phi) is 67.4. The van der Waals surface area contributed by atoms with Crippen molar-refractivity contribution < 1.29 is 80.2 Å². The minimum Gasteiger partial charge on any atom is -0.462 e. The van der Waals surface area contributed by atoms with Crippen LogP contribution in [0.1, 0.15) is 401 Å². The summed E-state index contributed by atoms with van der Waals surface area (Å²) in [6.45, 7) is 9.60. The van der Waals surface area contributed by atoms with Gasteiger partial charge in [0.2, 0.25) is 0 Å². The van der Waals surface area contributed by atoms with Crippen LogP contribution in [0.25, 0.3) is 0 Å². The van der Waals surface area contributed by atoms with Gasteiger partial charge in [0.15, 0.2) is 12.2 Å². The molecule has 0 radical (unpaired) electrons. The van der Waals surface area contributed by atoms with E-state index in [1.807, 2.05) is 0 Å². The highest BCUT2D eigenvalue weighted by molar-refractivity contribution is 7.47. The Hall–Kier alpha value is -1.94. The van der Waals surface area contributed by atoms with E-state index in [9.17, 15) is 43.2 Å². The summed E-state index contributed by atoms with van der Waals surface area (Å²) in [6.07, 6.45) is 57.3. The largest absolute Gasteiger partial charge is 0.472 e. The molecule has 19 heteroatoms. The Morgan fingerprint density at radius 3 is 0.792 bits per heavy atom. The first-order chi connectivity index (χ1) is 46.4. The maximum absolute atomic E-state index is 13.1. The van der Waals surface area contributed by atoms with Gasteiger partial charge in [-0.1, -0.05) is 350 Å². The van der Waals surface area contributed by atoms with Crippen molar-refractivity contribution in [3.05, 3.63) is 0 Å². The van der Waals surface area contributed by atoms with Crippen LogP contribution in [-0.2, 0) is 65.4 Å². The quantitative estimate of drug-likeness (QED) is 0.0222. The Balaban J connectivity index is 5.11. The molecule has 3 N–H and O–H groups in total. The standard InChI is InChI=1S/C77H150O17P2/c1-7-10-12-14-15-16-17-18-26-33-38-43-49-55-61-76(81)93-72(65-87-74(79)59-53-45-13-11-8-2)67-91-95(83,84)89-63-71(78)64-90-96(85,86)92-68-73(66-88-75(80)60-54-48-42-37-32-29-28-30-35-40-46-51-57-69(4)5)94-77(82)62-56-50-44-39-34-27-24-22-20-19-21-23-25-31-36-41-47-52-58-70(6)9-3/h69-73,78H,7-68H2,1-6H3,(H,83,84)(H,85,86)/t70?,71-,72+,73+/m0/s1. The van der Waals surface area contributed by atoms with E-state index >= 15 is 0 Å². The van der Waals surface area contributed by atoms with Gasteiger partial charge < -0.3 is 33.8 Å². The molecule has 6 atom stereocenters. The van der Waals surface area contributed by atoms with E-state index in [-0.39, 0.29) is 25.7 Å². The topological polar surface area (TPSA) is 237 Å². The van der Waals surface area contributed by atoms with Gasteiger partial charge in [0.1, 0.15) is 19.3 Å². The first-order valence-corrected chi connectivity index (χ1v) is 43.0. The highest BCUT2D eigenvalue weighted by Gasteiger charge is 2.30. The zero-order valence-electron chi connectivity index (χ0n) is 62.7. The van der Waals surface area contributed by atoms with E-state index in [2.05, 4.69) is 41.5 Å². The molecule has 0 spiro atoms. The molecule has 0 heterocycles. The molecule has 0 aromatic carbocycles. The second-order valence-corrected chi connectivity index (χ2v) is 31.4. The fraction of sp³-hybridized carbons (Fsp3) is 0.948. The zero-order valence-corrected chi connectivity index (χ0v) is 64.5. The number of esters is 4. The zero-order chi connectivity index (χ0) is 70.7. The number of carbonyl (C=O) groups is 4. The lowest BCUT2D eigenvalue weighted by molar-refractivity contribution is -0.161. The van der Waals surface area contributed by atoms with Gasteiger partial charge in [-0.25, -0.2) is 9.13 Å². The van der Waals surface area contributed by atoms with E-state index < -0.39 is 97.5 Å². The molecule has 0 saturated carbocycles. The van der Waals surface area contributed by atoms with Gasteiger partial charge in [-0.15, -0.1) is 0 Å². The number of unbranched alkanes of at least 4 members (excludes halogenated alkanes) is 45. The molecule has 0 saturated heterocycles. The first-order valence-electron chi connectivity index (χ1n) is 40.0. The van der Waals surface area contributed by atoms with Crippen molar-refractivity contribution in [2.75, 3.05) is 39.6 Å². The number of hydrogen-bond donors (Lipinski definition) is 3. The minimum absolute atomic E-state index is 0.107. The van der Waals surface area contributed by atoms with Gasteiger partial charge in [0, 0.05) is 25.7 Å². The summed E-state index contributed by atoms with van der Waals surface area (Å²) < 4.78 is 68.3. The Morgan fingerprint density at radius 1 is 0.302 bits per heavy atom. The molecular weight excluding hydrogens is 1260 g/mol. The molecular formula is C77H150O17P2. The van der Waals surface area contributed by atoms with E-state index in [0.717, 1.165) is 108 Å². The van der Waals surface area contributed by atoms with Crippen molar-refractivity contribution >= 4 is 39.5 Å². The van der Waals surface area contributed by atoms with Crippen molar-refractivity contribution in [2.45, 2.75) is 419 Å². The van der Waals surface area contributed by atoms with Gasteiger partial charge in [-0.2, -0.15) is 0 Å². The maximum Gasteiger partial charge on any atom is 0.472 e. The predicted octanol–water partition coefficient (Wildman–Crippen LogP) is 22.7. The van der Waals surface area contributed by atoms with Crippen LogP contribution in [0.5, 0.6) is 0 Å². The smallest absolute Gasteiger partial charge is 0.462 e. The van der Waals surface area contributed by atoms with Crippen LogP contribution in [0.3, 0.4) is 0 Å². The third-order valence-corrected chi connectivity index (χ3v) is 20.2. The maximum atomic E-state index is 13.1. The van der Waals surface area contributed by atoms with Gasteiger partial charge in [-0.05, 0) is 37.5 Å². The Bertz CT molecular complexity index is 1860. The van der Waals surface area contributed by atoms with Crippen molar-refractivity contribution in [2.24, 2.45) is 11.8 Å². The summed E-state index contributed by atoms with van der Waals surface area (Å²) in [6, 6.07) is 0. The van der Waals surface area contributed by atoms with Crippen LogP contribution >= 0.6 is 15.6 Å². The predicted molar refractivity (Wildman–Crippen MR) is 391 cm³/mol. The molecule has 0 aromatic heterocycles. The molecule has 0 bridgehead atoms. The number of phosphoric acid groups is 2. The number of ether oxygens (including phenoxy) is 4. The van der Waals surface area contributed by atoms with Crippen LogP contribution in [0.2, 0.25) is 0 Å². The minimum atomic E-state index is -4.96. The average Bonchev–Trinajstić information content (AvgIpc) is 1.19.